The second-order valence-corrected chi connectivity index (χ2v) is 10.9. The maximum Gasteiger partial charge on any atom is 0.305 e. The highest BCUT2D eigenvalue weighted by molar-refractivity contribution is 5.69. The van der Waals surface area contributed by atoms with Gasteiger partial charge in [0, 0.05) is 11.8 Å². The van der Waals surface area contributed by atoms with Crippen LogP contribution in [0, 0.1) is 40.4 Å². The van der Waals surface area contributed by atoms with Crippen molar-refractivity contribution in [3.8, 4) is 0 Å². The van der Waals surface area contributed by atoms with Crippen molar-refractivity contribution in [3.63, 3.8) is 0 Å². The fourth-order valence-corrected chi connectivity index (χ4v) is 8.12. The Hall–Kier alpha value is -0.830. The van der Waals surface area contributed by atoms with E-state index in [0.29, 0.717) is 35.5 Å². The molecule has 0 aliphatic heterocycles. The van der Waals surface area contributed by atoms with E-state index in [4.69, 9.17) is 4.74 Å². The SMILES string of the molecule is COC(=O)CC[C@@H](C)[C@H]1CC[C@H]2C3=CCC4CCCC[C@]4(C)[C@H]3CC(O)[C@]12C. The Morgan fingerprint density at radius 2 is 2.04 bits per heavy atom. The average molecular weight is 389 g/mol. The van der Waals surface area contributed by atoms with Crippen LogP contribution in [0.1, 0.15) is 85.0 Å². The van der Waals surface area contributed by atoms with E-state index in [9.17, 15) is 9.90 Å². The second-order valence-electron chi connectivity index (χ2n) is 10.9. The molecule has 0 saturated heterocycles. The number of carbonyl (C=O) groups excluding carboxylic acids is 1. The zero-order chi connectivity index (χ0) is 20.1. The van der Waals surface area contributed by atoms with Crippen LogP contribution in [0.4, 0.5) is 0 Å². The largest absolute Gasteiger partial charge is 0.469 e. The van der Waals surface area contributed by atoms with Gasteiger partial charge in [0.15, 0.2) is 0 Å². The highest BCUT2D eigenvalue weighted by atomic mass is 16.5. The molecule has 0 heterocycles. The fraction of sp³-hybridized carbons (Fsp3) is 0.880. The van der Waals surface area contributed by atoms with Gasteiger partial charge in [0.1, 0.15) is 0 Å². The molecule has 0 aromatic carbocycles. The number of esters is 1. The van der Waals surface area contributed by atoms with Crippen molar-refractivity contribution >= 4 is 5.97 Å². The first kappa shape index (κ1) is 20.4. The maximum atomic E-state index is 11.6. The number of fused-ring (bicyclic) bond motifs is 5. The number of allylic oxidation sites excluding steroid dienone is 2. The van der Waals surface area contributed by atoms with Crippen LogP contribution >= 0.6 is 0 Å². The molecular formula is C25H40O3. The lowest BCUT2D eigenvalue weighted by Crippen LogP contribution is -2.54. The van der Waals surface area contributed by atoms with Crippen molar-refractivity contribution in [2.45, 2.75) is 91.1 Å². The van der Waals surface area contributed by atoms with Gasteiger partial charge >= 0.3 is 5.97 Å². The van der Waals surface area contributed by atoms with Crippen molar-refractivity contribution in [2.24, 2.45) is 40.4 Å². The second kappa shape index (κ2) is 7.45. The summed E-state index contributed by atoms with van der Waals surface area (Å²) < 4.78 is 4.85. The normalized spacial score (nSPS) is 46.0. The molecule has 3 fully saturated rings. The Morgan fingerprint density at radius 3 is 2.79 bits per heavy atom. The van der Waals surface area contributed by atoms with E-state index in [1.807, 2.05) is 0 Å². The highest BCUT2D eigenvalue weighted by Gasteiger charge is 2.61. The van der Waals surface area contributed by atoms with Gasteiger partial charge in [-0.15, -0.1) is 0 Å². The standard InChI is InChI=1S/C25H40O3/c1-16(8-13-23(27)28-4)19-11-12-20-18-10-9-17-7-5-6-14-24(17,2)21(18)15-22(26)25(19,20)3/h10,16-17,19-22,26H,5-9,11-15H2,1-4H3/t16-,17?,19-,20+,21+,22?,24+,25-/m1/s1. The van der Waals surface area contributed by atoms with Crippen molar-refractivity contribution in [2.75, 3.05) is 7.11 Å². The van der Waals surface area contributed by atoms with Gasteiger partial charge in [0.25, 0.3) is 0 Å². The number of ether oxygens (including phenoxy) is 1. The molecule has 3 heteroatoms. The molecule has 3 nitrogen and oxygen atoms in total. The quantitative estimate of drug-likeness (QED) is 0.510. The third-order valence-corrected chi connectivity index (χ3v) is 9.90. The third-order valence-electron chi connectivity index (χ3n) is 9.90. The number of rotatable bonds is 4. The number of methoxy groups -OCH3 is 1. The van der Waals surface area contributed by atoms with Crippen LogP contribution in [-0.4, -0.2) is 24.3 Å². The van der Waals surface area contributed by atoms with Crippen LogP contribution in [0.2, 0.25) is 0 Å². The van der Waals surface area contributed by atoms with Crippen LogP contribution in [0.5, 0.6) is 0 Å². The molecule has 4 aliphatic carbocycles. The average Bonchev–Trinajstić information content (AvgIpc) is 3.05. The number of aliphatic hydroxyl groups is 1. The molecule has 8 atom stereocenters. The molecule has 0 spiro atoms. The first-order valence-corrected chi connectivity index (χ1v) is 11.8. The number of carbonyl (C=O) groups is 1. The molecule has 2 unspecified atom stereocenters. The Balaban J connectivity index is 1.58. The van der Waals surface area contributed by atoms with Crippen LogP contribution in [-0.2, 0) is 9.53 Å². The Morgan fingerprint density at radius 1 is 1.25 bits per heavy atom. The predicted octanol–water partition coefficient (Wildman–Crippen LogP) is 5.52. The van der Waals surface area contributed by atoms with Gasteiger partial charge in [-0.2, -0.15) is 0 Å². The van der Waals surface area contributed by atoms with Gasteiger partial charge in [-0.25, -0.2) is 0 Å². The summed E-state index contributed by atoms with van der Waals surface area (Å²) in [5.41, 5.74) is 2.07. The number of hydrogen-bond acceptors (Lipinski definition) is 3. The summed E-state index contributed by atoms with van der Waals surface area (Å²) >= 11 is 0. The van der Waals surface area contributed by atoms with Crippen LogP contribution < -0.4 is 0 Å². The van der Waals surface area contributed by atoms with Gasteiger partial charge in [-0.1, -0.05) is 45.3 Å². The van der Waals surface area contributed by atoms with Gasteiger partial charge in [-0.3, -0.25) is 4.79 Å². The smallest absolute Gasteiger partial charge is 0.305 e. The van der Waals surface area contributed by atoms with E-state index >= 15 is 0 Å². The first-order valence-electron chi connectivity index (χ1n) is 11.8. The van der Waals surface area contributed by atoms with E-state index in [0.717, 1.165) is 18.8 Å². The monoisotopic (exact) mass is 388 g/mol. The molecule has 158 valence electrons. The van der Waals surface area contributed by atoms with Gasteiger partial charge < -0.3 is 9.84 Å². The van der Waals surface area contributed by atoms with Crippen LogP contribution in [0.3, 0.4) is 0 Å². The Bertz CT molecular complexity index is 640. The minimum absolute atomic E-state index is 0.0320. The summed E-state index contributed by atoms with van der Waals surface area (Å²) in [7, 11) is 1.47. The molecular weight excluding hydrogens is 348 g/mol. The van der Waals surface area contributed by atoms with E-state index in [-0.39, 0.29) is 17.5 Å². The molecule has 4 aliphatic rings. The van der Waals surface area contributed by atoms with Crippen LogP contribution in [0.15, 0.2) is 11.6 Å². The molecule has 28 heavy (non-hydrogen) atoms. The Kier molecular flexibility index (Phi) is 5.44. The lowest BCUT2D eigenvalue weighted by molar-refractivity contribution is -0.141. The lowest BCUT2D eigenvalue weighted by atomic mass is 9.47. The zero-order valence-corrected chi connectivity index (χ0v) is 18.4. The van der Waals surface area contributed by atoms with E-state index in [2.05, 4.69) is 26.8 Å². The molecule has 1 N–H and O–H groups in total. The lowest BCUT2D eigenvalue weighted by Gasteiger charge is -2.58. The van der Waals surface area contributed by atoms with Crippen molar-refractivity contribution in [1.82, 2.24) is 0 Å². The summed E-state index contributed by atoms with van der Waals surface area (Å²) in [5.74, 6) is 2.78. The minimum Gasteiger partial charge on any atom is -0.469 e. The van der Waals surface area contributed by atoms with Gasteiger partial charge in [0.05, 0.1) is 13.2 Å². The van der Waals surface area contributed by atoms with Crippen molar-refractivity contribution in [1.29, 1.82) is 0 Å². The summed E-state index contributed by atoms with van der Waals surface area (Å²) in [6, 6.07) is 0. The van der Waals surface area contributed by atoms with Gasteiger partial charge in [0.2, 0.25) is 0 Å². The van der Waals surface area contributed by atoms with Gasteiger partial charge in [-0.05, 0) is 80.0 Å². The summed E-state index contributed by atoms with van der Waals surface area (Å²) in [6.07, 6.45) is 13.8. The summed E-state index contributed by atoms with van der Waals surface area (Å²) in [4.78, 5) is 11.6. The molecule has 4 rings (SSSR count). The third kappa shape index (κ3) is 2.99. The molecule has 0 radical (unpaired) electrons. The molecule has 0 aromatic rings. The molecule has 0 amide bonds. The molecule has 0 bridgehead atoms. The number of aliphatic hydroxyl groups excluding tert-OH is 1. The maximum absolute atomic E-state index is 11.6. The topological polar surface area (TPSA) is 46.5 Å². The van der Waals surface area contributed by atoms with Crippen molar-refractivity contribution < 1.29 is 14.6 Å². The number of hydrogen-bond donors (Lipinski definition) is 1. The zero-order valence-electron chi connectivity index (χ0n) is 18.4. The molecule has 3 saturated carbocycles. The highest BCUT2D eigenvalue weighted by Crippen LogP contribution is 2.66. The summed E-state index contributed by atoms with van der Waals surface area (Å²) in [6.45, 7) is 7.18. The predicted molar refractivity (Wildman–Crippen MR) is 112 cm³/mol. The minimum atomic E-state index is -0.217. The van der Waals surface area contributed by atoms with Crippen molar-refractivity contribution in [3.05, 3.63) is 11.6 Å². The van der Waals surface area contributed by atoms with E-state index in [1.165, 1.54) is 52.1 Å². The molecule has 0 aromatic heterocycles. The van der Waals surface area contributed by atoms with Crippen LogP contribution in [0.25, 0.3) is 0 Å². The first-order chi connectivity index (χ1) is 13.3. The van der Waals surface area contributed by atoms with E-state index < -0.39 is 0 Å². The van der Waals surface area contributed by atoms with E-state index in [1.54, 1.807) is 5.57 Å². The summed E-state index contributed by atoms with van der Waals surface area (Å²) in [5, 5.41) is 11.5. The fourth-order valence-electron chi connectivity index (χ4n) is 8.12. The Labute approximate surface area is 171 Å².